The van der Waals surface area contributed by atoms with Crippen molar-refractivity contribution >= 4 is 21.7 Å². The quantitative estimate of drug-likeness (QED) is 0.708. The summed E-state index contributed by atoms with van der Waals surface area (Å²) in [6.45, 7) is 2.17. The molecule has 0 bridgehead atoms. The molecule has 0 unspecified atom stereocenters. The van der Waals surface area contributed by atoms with Gasteiger partial charge in [0.15, 0.2) is 0 Å². The fourth-order valence-corrected chi connectivity index (χ4v) is 4.70. The van der Waals surface area contributed by atoms with Gasteiger partial charge in [0, 0.05) is 16.3 Å². The molecule has 0 N–H and O–H groups in total. The molecule has 0 aliphatic heterocycles. The smallest absolute Gasteiger partial charge is 0.139 e. The first-order valence-corrected chi connectivity index (χ1v) is 8.86. The molecule has 0 spiro atoms. The van der Waals surface area contributed by atoms with Gasteiger partial charge in [0.1, 0.15) is 11.5 Å². The zero-order valence-corrected chi connectivity index (χ0v) is 14.9. The van der Waals surface area contributed by atoms with Gasteiger partial charge in [-0.1, -0.05) is 41.1 Å². The third kappa shape index (κ3) is 2.76. The van der Waals surface area contributed by atoms with Gasteiger partial charge < -0.3 is 4.74 Å². The Morgan fingerprint density at radius 2 is 2.23 bits per heavy atom. The number of rotatable bonds is 4. The van der Waals surface area contributed by atoms with Crippen molar-refractivity contribution in [2.24, 2.45) is 17.3 Å². The van der Waals surface area contributed by atoms with E-state index in [1.54, 1.807) is 7.11 Å². The second-order valence-corrected chi connectivity index (χ2v) is 7.63. The molecule has 2 aliphatic rings. The van der Waals surface area contributed by atoms with E-state index >= 15 is 0 Å². The molecular weight excluding hydrogens is 340 g/mol. The van der Waals surface area contributed by atoms with Crippen LogP contribution in [0.1, 0.15) is 38.2 Å². The zero-order valence-electron chi connectivity index (χ0n) is 13.3. The number of methoxy groups -OCH3 is 1. The number of halogens is 1. The highest BCUT2D eigenvalue weighted by Crippen LogP contribution is 2.51. The molecule has 1 aromatic carbocycles. The molecule has 0 saturated heterocycles. The standard InChI is InChI=1S/C19H23BrO2/c1-19-11-3-4-13(16(19)9-10-18(19)21)5-6-14-7-8-15(22-2)12-17(14)20/h3-4,7-8,12-13,16H,5-6,9-11H2,1-2H3/t13-,16-,19-/m1/s1. The average molecular weight is 363 g/mol. The summed E-state index contributed by atoms with van der Waals surface area (Å²) in [4.78, 5) is 12.2. The number of carbonyl (C=O) groups excluding carboxylic acids is 1. The van der Waals surface area contributed by atoms with Gasteiger partial charge in [-0.05, 0) is 55.2 Å². The van der Waals surface area contributed by atoms with Crippen molar-refractivity contribution < 1.29 is 9.53 Å². The molecule has 2 nitrogen and oxygen atoms in total. The van der Waals surface area contributed by atoms with Crippen LogP contribution in [0.5, 0.6) is 5.75 Å². The lowest BCUT2D eigenvalue weighted by molar-refractivity contribution is -0.126. The molecule has 3 atom stereocenters. The van der Waals surface area contributed by atoms with Crippen LogP contribution < -0.4 is 4.74 Å². The zero-order chi connectivity index (χ0) is 15.7. The summed E-state index contributed by atoms with van der Waals surface area (Å²) in [5.74, 6) is 2.40. The number of ketones is 1. The number of hydrogen-bond donors (Lipinski definition) is 0. The Morgan fingerprint density at radius 1 is 1.41 bits per heavy atom. The lowest BCUT2D eigenvalue weighted by Crippen LogP contribution is -2.35. The molecule has 0 radical (unpaired) electrons. The fourth-order valence-electron chi connectivity index (χ4n) is 4.15. The van der Waals surface area contributed by atoms with Crippen LogP contribution in [-0.2, 0) is 11.2 Å². The summed E-state index contributed by atoms with van der Waals surface area (Å²) in [5, 5.41) is 0. The summed E-state index contributed by atoms with van der Waals surface area (Å²) >= 11 is 3.64. The van der Waals surface area contributed by atoms with Crippen molar-refractivity contribution in [2.75, 3.05) is 7.11 Å². The van der Waals surface area contributed by atoms with Gasteiger partial charge in [0.2, 0.25) is 0 Å². The summed E-state index contributed by atoms with van der Waals surface area (Å²) in [6.07, 6.45) is 9.48. The lowest BCUT2D eigenvalue weighted by Gasteiger charge is -2.37. The maximum Gasteiger partial charge on any atom is 0.139 e. The molecule has 22 heavy (non-hydrogen) atoms. The van der Waals surface area contributed by atoms with Gasteiger partial charge in [-0.2, -0.15) is 0 Å². The van der Waals surface area contributed by atoms with E-state index in [9.17, 15) is 4.79 Å². The molecule has 2 aliphatic carbocycles. The Kier molecular flexibility index (Phi) is 4.44. The predicted molar refractivity (Wildman–Crippen MR) is 92.1 cm³/mol. The minimum atomic E-state index is -0.101. The molecule has 1 aromatic rings. The van der Waals surface area contributed by atoms with E-state index in [0.717, 1.165) is 42.3 Å². The first kappa shape index (κ1) is 15.8. The minimum Gasteiger partial charge on any atom is -0.497 e. The molecule has 0 aromatic heterocycles. The van der Waals surface area contributed by atoms with Crippen LogP contribution in [0.25, 0.3) is 0 Å². The number of aryl methyl sites for hydroxylation is 1. The highest BCUT2D eigenvalue weighted by Gasteiger charge is 2.48. The number of hydrogen-bond acceptors (Lipinski definition) is 2. The van der Waals surface area contributed by atoms with Crippen molar-refractivity contribution in [2.45, 2.75) is 39.0 Å². The number of allylic oxidation sites excluding steroid dienone is 2. The largest absolute Gasteiger partial charge is 0.497 e. The molecular formula is C19H23BrO2. The number of ether oxygens (including phenoxy) is 1. The number of benzene rings is 1. The summed E-state index contributed by atoms with van der Waals surface area (Å²) in [7, 11) is 1.69. The van der Waals surface area contributed by atoms with E-state index in [4.69, 9.17) is 4.74 Å². The molecule has 1 fully saturated rings. The Labute approximate surface area is 141 Å². The first-order valence-electron chi connectivity index (χ1n) is 8.07. The topological polar surface area (TPSA) is 26.3 Å². The Balaban J connectivity index is 1.70. The molecule has 118 valence electrons. The normalized spacial score (nSPS) is 30.4. The third-order valence-corrected chi connectivity index (χ3v) is 6.33. The van der Waals surface area contributed by atoms with Crippen LogP contribution in [0, 0.1) is 17.3 Å². The van der Waals surface area contributed by atoms with E-state index in [2.05, 4.69) is 41.1 Å². The Bertz CT molecular complexity index is 607. The molecule has 0 amide bonds. The maximum atomic E-state index is 12.2. The highest BCUT2D eigenvalue weighted by atomic mass is 79.9. The first-order chi connectivity index (χ1) is 10.5. The van der Waals surface area contributed by atoms with E-state index in [-0.39, 0.29) is 5.41 Å². The van der Waals surface area contributed by atoms with Crippen molar-refractivity contribution in [3.8, 4) is 5.75 Å². The van der Waals surface area contributed by atoms with Crippen LogP contribution in [0.15, 0.2) is 34.8 Å². The minimum absolute atomic E-state index is 0.101. The van der Waals surface area contributed by atoms with Crippen LogP contribution in [0.4, 0.5) is 0 Å². The van der Waals surface area contributed by atoms with Crippen molar-refractivity contribution in [1.82, 2.24) is 0 Å². The van der Waals surface area contributed by atoms with Gasteiger partial charge >= 0.3 is 0 Å². The predicted octanol–water partition coefficient (Wildman–Crippen LogP) is 4.95. The summed E-state index contributed by atoms with van der Waals surface area (Å²) in [6, 6.07) is 6.17. The van der Waals surface area contributed by atoms with Gasteiger partial charge in [0.05, 0.1) is 7.11 Å². The van der Waals surface area contributed by atoms with E-state index in [1.165, 1.54) is 5.56 Å². The highest BCUT2D eigenvalue weighted by molar-refractivity contribution is 9.10. The fraction of sp³-hybridized carbons (Fsp3) is 0.526. The molecule has 0 heterocycles. The third-order valence-electron chi connectivity index (χ3n) is 5.59. The Hall–Kier alpha value is -1.09. The van der Waals surface area contributed by atoms with E-state index < -0.39 is 0 Å². The van der Waals surface area contributed by atoms with Crippen molar-refractivity contribution in [3.63, 3.8) is 0 Å². The van der Waals surface area contributed by atoms with E-state index in [1.807, 2.05) is 12.1 Å². The SMILES string of the molecule is COc1ccc(CC[C@H]2C=CC[C@@]3(C)C(=O)CC[C@H]23)c(Br)c1. The van der Waals surface area contributed by atoms with Gasteiger partial charge in [0.25, 0.3) is 0 Å². The van der Waals surface area contributed by atoms with Crippen LogP contribution in [0.3, 0.4) is 0 Å². The lowest BCUT2D eigenvalue weighted by atomic mass is 9.66. The average Bonchev–Trinajstić information content (AvgIpc) is 2.82. The maximum absolute atomic E-state index is 12.2. The summed E-state index contributed by atoms with van der Waals surface area (Å²) < 4.78 is 6.36. The number of fused-ring (bicyclic) bond motifs is 1. The summed E-state index contributed by atoms with van der Waals surface area (Å²) in [5.41, 5.74) is 1.21. The van der Waals surface area contributed by atoms with Gasteiger partial charge in [-0.25, -0.2) is 0 Å². The number of carbonyl (C=O) groups is 1. The number of Topliss-reactive ketones (excluding diaryl/α,β-unsaturated/α-hetero) is 1. The van der Waals surface area contributed by atoms with Gasteiger partial charge in [-0.3, -0.25) is 4.79 Å². The van der Waals surface area contributed by atoms with Crippen molar-refractivity contribution in [1.29, 1.82) is 0 Å². The van der Waals surface area contributed by atoms with Crippen molar-refractivity contribution in [3.05, 3.63) is 40.4 Å². The molecule has 3 heteroatoms. The van der Waals surface area contributed by atoms with Crippen LogP contribution in [-0.4, -0.2) is 12.9 Å². The molecule has 1 saturated carbocycles. The van der Waals surface area contributed by atoms with Crippen LogP contribution in [0.2, 0.25) is 0 Å². The monoisotopic (exact) mass is 362 g/mol. The molecule has 3 rings (SSSR count). The van der Waals surface area contributed by atoms with Gasteiger partial charge in [-0.15, -0.1) is 0 Å². The van der Waals surface area contributed by atoms with Crippen LogP contribution >= 0.6 is 15.9 Å². The van der Waals surface area contributed by atoms with E-state index in [0.29, 0.717) is 17.6 Å². The Morgan fingerprint density at radius 3 is 2.95 bits per heavy atom. The second-order valence-electron chi connectivity index (χ2n) is 6.78. The second kappa shape index (κ2) is 6.19.